The van der Waals surface area contributed by atoms with Gasteiger partial charge in [-0.1, -0.05) is 36.4 Å². The number of hydrogen-bond donors (Lipinski definition) is 0. The smallest absolute Gasteiger partial charge is 0.231 e. The van der Waals surface area contributed by atoms with Crippen molar-refractivity contribution in [3.05, 3.63) is 59.7 Å². The third-order valence-corrected chi connectivity index (χ3v) is 5.71. The first-order chi connectivity index (χ1) is 14.3. The second-order valence-electron chi connectivity index (χ2n) is 7.87. The number of benzene rings is 2. The van der Waals surface area contributed by atoms with Crippen molar-refractivity contribution in [1.82, 2.24) is 4.90 Å². The van der Waals surface area contributed by atoms with Crippen LogP contribution >= 0.6 is 0 Å². The summed E-state index contributed by atoms with van der Waals surface area (Å²) in [6.07, 6.45) is -0.0101. The molecular formula is C23H27NO5. The highest BCUT2D eigenvalue weighted by Crippen LogP contribution is 2.38. The Balaban J connectivity index is 1.37. The number of ether oxygens (including phenoxy) is 5. The van der Waals surface area contributed by atoms with E-state index in [2.05, 4.69) is 41.3 Å². The summed E-state index contributed by atoms with van der Waals surface area (Å²) in [6, 6.07) is 16.6. The Hall–Kier alpha value is -2.12. The average Bonchev–Trinajstić information content (AvgIpc) is 3.09. The van der Waals surface area contributed by atoms with Crippen molar-refractivity contribution in [2.45, 2.75) is 12.2 Å². The molecule has 3 heterocycles. The molecule has 0 N–H and O–H groups in total. The minimum atomic E-state index is -0.0314. The molecule has 154 valence electrons. The summed E-state index contributed by atoms with van der Waals surface area (Å²) in [5, 5.41) is 0. The van der Waals surface area contributed by atoms with Crippen LogP contribution in [0.4, 0.5) is 0 Å². The predicted octanol–water partition coefficient (Wildman–Crippen LogP) is 3.19. The average molecular weight is 397 g/mol. The van der Waals surface area contributed by atoms with E-state index in [9.17, 15) is 0 Å². The van der Waals surface area contributed by atoms with E-state index in [4.69, 9.17) is 23.7 Å². The van der Waals surface area contributed by atoms with Crippen LogP contribution in [0.2, 0.25) is 0 Å². The molecule has 0 aliphatic carbocycles. The first kappa shape index (κ1) is 18.9. The van der Waals surface area contributed by atoms with Crippen molar-refractivity contribution in [3.8, 4) is 11.5 Å². The molecule has 0 bridgehead atoms. The molecule has 2 saturated heterocycles. The van der Waals surface area contributed by atoms with Crippen molar-refractivity contribution < 1.29 is 23.7 Å². The molecule has 2 atom stereocenters. The molecule has 29 heavy (non-hydrogen) atoms. The van der Waals surface area contributed by atoms with Crippen molar-refractivity contribution >= 4 is 0 Å². The molecule has 2 fully saturated rings. The fraction of sp³-hybridized carbons (Fsp3) is 0.478. The minimum absolute atomic E-state index is 0.0213. The molecule has 0 amide bonds. The van der Waals surface area contributed by atoms with E-state index in [0.29, 0.717) is 19.1 Å². The Morgan fingerprint density at radius 1 is 0.793 bits per heavy atom. The zero-order valence-electron chi connectivity index (χ0n) is 16.5. The zero-order chi connectivity index (χ0) is 19.5. The lowest BCUT2D eigenvalue weighted by Gasteiger charge is -2.39. The molecule has 2 aromatic rings. The van der Waals surface area contributed by atoms with Gasteiger partial charge in [0.2, 0.25) is 6.79 Å². The van der Waals surface area contributed by atoms with Crippen LogP contribution in [0, 0.1) is 5.92 Å². The van der Waals surface area contributed by atoms with Crippen LogP contribution in [0.25, 0.3) is 0 Å². The lowest BCUT2D eigenvalue weighted by atomic mass is 10.0. The van der Waals surface area contributed by atoms with E-state index in [1.807, 2.05) is 12.1 Å². The van der Waals surface area contributed by atoms with Gasteiger partial charge < -0.3 is 23.7 Å². The maximum atomic E-state index is 6.56. The van der Waals surface area contributed by atoms with Gasteiger partial charge in [-0.3, -0.25) is 4.90 Å². The van der Waals surface area contributed by atoms with Crippen molar-refractivity contribution in [1.29, 1.82) is 0 Å². The molecule has 3 aliphatic heterocycles. The third-order valence-electron chi connectivity index (χ3n) is 5.71. The van der Waals surface area contributed by atoms with Crippen molar-refractivity contribution in [2.75, 3.05) is 52.9 Å². The summed E-state index contributed by atoms with van der Waals surface area (Å²) >= 11 is 0. The van der Waals surface area contributed by atoms with Gasteiger partial charge in [-0.15, -0.1) is 0 Å². The fourth-order valence-electron chi connectivity index (χ4n) is 4.26. The maximum absolute atomic E-state index is 6.56. The Morgan fingerprint density at radius 2 is 1.52 bits per heavy atom. The molecule has 0 saturated carbocycles. The monoisotopic (exact) mass is 397 g/mol. The highest BCUT2D eigenvalue weighted by atomic mass is 16.7. The van der Waals surface area contributed by atoms with Gasteiger partial charge >= 0.3 is 0 Å². The van der Waals surface area contributed by atoms with Gasteiger partial charge in [-0.2, -0.15) is 0 Å². The SMILES string of the molecule is c1ccc([C@@H]2CN(CC3COCCOC3)C[C@H](c3ccc4c(c3)OCO4)O2)cc1. The van der Waals surface area contributed by atoms with Gasteiger partial charge in [0.15, 0.2) is 11.5 Å². The standard InChI is InChI=1S/C23H27NO5/c1-2-4-18(5-3-1)22-12-24(11-17-14-25-8-9-26-15-17)13-23(29-22)19-6-7-20-21(10-19)28-16-27-20/h1-7,10,17,22-23H,8-9,11-16H2/t22-,23+/m0/s1. The molecule has 0 unspecified atom stereocenters. The summed E-state index contributed by atoms with van der Waals surface area (Å²) in [4.78, 5) is 2.49. The Kier molecular flexibility index (Phi) is 5.67. The minimum Gasteiger partial charge on any atom is -0.454 e. The van der Waals surface area contributed by atoms with Gasteiger partial charge in [0.05, 0.1) is 38.6 Å². The second-order valence-corrected chi connectivity index (χ2v) is 7.87. The summed E-state index contributed by atoms with van der Waals surface area (Å²) in [7, 11) is 0. The third kappa shape index (κ3) is 4.41. The fourth-order valence-corrected chi connectivity index (χ4v) is 4.26. The molecule has 0 radical (unpaired) electrons. The number of fused-ring (bicyclic) bond motifs is 1. The van der Waals surface area contributed by atoms with Crippen molar-refractivity contribution in [3.63, 3.8) is 0 Å². The molecule has 5 rings (SSSR count). The summed E-state index contributed by atoms with van der Waals surface area (Å²) in [6.45, 7) is 5.79. The van der Waals surface area contributed by atoms with E-state index in [1.165, 1.54) is 5.56 Å². The highest BCUT2D eigenvalue weighted by molar-refractivity contribution is 5.45. The number of morpholine rings is 1. The van der Waals surface area contributed by atoms with Crippen LogP contribution in [0.1, 0.15) is 23.3 Å². The molecule has 6 heteroatoms. The van der Waals surface area contributed by atoms with E-state index in [-0.39, 0.29) is 19.0 Å². The van der Waals surface area contributed by atoms with Gasteiger partial charge in [-0.25, -0.2) is 0 Å². The highest BCUT2D eigenvalue weighted by Gasteiger charge is 2.32. The van der Waals surface area contributed by atoms with Gasteiger partial charge in [-0.05, 0) is 23.3 Å². The van der Waals surface area contributed by atoms with Crippen LogP contribution in [0.5, 0.6) is 11.5 Å². The molecule has 6 nitrogen and oxygen atoms in total. The van der Waals surface area contributed by atoms with E-state index >= 15 is 0 Å². The zero-order valence-corrected chi connectivity index (χ0v) is 16.5. The van der Waals surface area contributed by atoms with Gasteiger partial charge in [0, 0.05) is 25.6 Å². The molecule has 2 aromatic carbocycles. The maximum Gasteiger partial charge on any atom is 0.231 e. The Labute approximate surface area is 171 Å². The van der Waals surface area contributed by atoms with Crippen LogP contribution in [-0.2, 0) is 14.2 Å². The predicted molar refractivity (Wildman–Crippen MR) is 107 cm³/mol. The van der Waals surface area contributed by atoms with E-state index < -0.39 is 0 Å². The van der Waals surface area contributed by atoms with Crippen LogP contribution in [-0.4, -0.2) is 57.8 Å². The second kappa shape index (κ2) is 8.71. The number of rotatable bonds is 4. The topological polar surface area (TPSA) is 49.4 Å². The van der Waals surface area contributed by atoms with E-state index in [1.54, 1.807) is 0 Å². The molecule has 0 aromatic heterocycles. The lowest BCUT2D eigenvalue weighted by molar-refractivity contribution is -0.0956. The number of hydrogen-bond acceptors (Lipinski definition) is 6. The molecule has 3 aliphatic rings. The van der Waals surface area contributed by atoms with E-state index in [0.717, 1.165) is 49.9 Å². The summed E-state index contributed by atoms with van der Waals surface area (Å²) in [5.74, 6) is 1.98. The van der Waals surface area contributed by atoms with Crippen molar-refractivity contribution in [2.24, 2.45) is 5.92 Å². The first-order valence-corrected chi connectivity index (χ1v) is 10.3. The summed E-state index contributed by atoms with van der Waals surface area (Å²) < 4.78 is 29.0. The Bertz CT molecular complexity index is 806. The van der Waals surface area contributed by atoms with Gasteiger partial charge in [0.25, 0.3) is 0 Å². The van der Waals surface area contributed by atoms with Gasteiger partial charge in [0.1, 0.15) is 0 Å². The molecular weight excluding hydrogens is 370 g/mol. The number of nitrogens with zero attached hydrogens (tertiary/aromatic N) is 1. The summed E-state index contributed by atoms with van der Waals surface area (Å²) in [5.41, 5.74) is 2.32. The normalized spacial score (nSPS) is 25.7. The van der Waals surface area contributed by atoms with Crippen LogP contribution in [0.3, 0.4) is 0 Å². The van der Waals surface area contributed by atoms with Crippen LogP contribution in [0.15, 0.2) is 48.5 Å². The van der Waals surface area contributed by atoms with Crippen LogP contribution < -0.4 is 9.47 Å². The largest absolute Gasteiger partial charge is 0.454 e. The first-order valence-electron chi connectivity index (χ1n) is 10.3. The lowest BCUT2D eigenvalue weighted by Crippen LogP contribution is -2.43. The quantitative estimate of drug-likeness (QED) is 0.790. The molecule has 0 spiro atoms. The Morgan fingerprint density at radius 3 is 2.31 bits per heavy atom.